The topological polar surface area (TPSA) is 81.1 Å². The summed E-state index contributed by atoms with van der Waals surface area (Å²) >= 11 is 0. The van der Waals surface area contributed by atoms with E-state index in [1.807, 2.05) is 24.3 Å². The van der Waals surface area contributed by atoms with Gasteiger partial charge in [-0.05, 0) is 18.1 Å². The Balaban J connectivity index is 2.24. The number of nitrogens with zero attached hydrogens (tertiary/aromatic N) is 2. The zero-order chi connectivity index (χ0) is 15.6. The fraction of sp³-hybridized carbons (Fsp3) is 0.467. The standard InChI is InChI=1S/C15H20N2O4/c1-10(18)8-16(2)15(21)17-9-12-6-4-3-5-11(12)7-13(17)14(19)20/h3-6,10,13,18H,7-9H2,1-2H3,(H,19,20)/t10?,13-/m1/s1. The molecular formula is C15H20N2O4. The van der Waals surface area contributed by atoms with Gasteiger partial charge in [-0.2, -0.15) is 0 Å². The monoisotopic (exact) mass is 292 g/mol. The Hall–Kier alpha value is -2.08. The average molecular weight is 292 g/mol. The first-order valence-corrected chi connectivity index (χ1v) is 6.89. The quantitative estimate of drug-likeness (QED) is 0.868. The van der Waals surface area contributed by atoms with Crippen LogP contribution in [0.4, 0.5) is 4.79 Å². The Labute approximate surface area is 123 Å². The zero-order valence-corrected chi connectivity index (χ0v) is 12.2. The lowest BCUT2D eigenvalue weighted by Crippen LogP contribution is -2.53. The molecule has 1 aliphatic rings. The molecule has 2 rings (SSSR count). The smallest absolute Gasteiger partial charge is 0.326 e. The molecule has 2 atom stereocenters. The number of urea groups is 1. The van der Waals surface area contributed by atoms with E-state index < -0.39 is 18.1 Å². The van der Waals surface area contributed by atoms with Crippen molar-refractivity contribution in [2.45, 2.75) is 32.0 Å². The van der Waals surface area contributed by atoms with Gasteiger partial charge in [-0.15, -0.1) is 0 Å². The Morgan fingerprint density at radius 3 is 2.57 bits per heavy atom. The fourth-order valence-electron chi connectivity index (χ4n) is 2.64. The SMILES string of the molecule is CC(O)CN(C)C(=O)N1Cc2ccccc2C[C@@H]1C(=O)O. The lowest BCUT2D eigenvalue weighted by Gasteiger charge is -2.37. The molecule has 2 amide bonds. The van der Waals surface area contributed by atoms with Crippen molar-refractivity contribution in [1.29, 1.82) is 0 Å². The molecule has 1 heterocycles. The minimum absolute atomic E-state index is 0.170. The molecule has 2 N–H and O–H groups in total. The number of carbonyl (C=O) groups is 2. The molecule has 0 radical (unpaired) electrons. The Kier molecular flexibility index (Phi) is 4.47. The van der Waals surface area contributed by atoms with Gasteiger partial charge in [0.15, 0.2) is 0 Å². The number of fused-ring (bicyclic) bond motifs is 1. The summed E-state index contributed by atoms with van der Waals surface area (Å²) < 4.78 is 0. The highest BCUT2D eigenvalue weighted by Crippen LogP contribution is 2.24. The first-order valence-electron chi connectivity index (χ1n) is 6.89. The number of amides is 2. The second-order valence-corrected chi connectivity index (χ2v) is 5.47. The third-order valence-corrected chi connectivity index (χ3v) is 3.64. The van der Waals surface area contributed by atoms with E-state index in [-0.39, 0.29) is 19.1 Å². The Bertz CT molecular complexity index is 544. The van der Waals surface area contributed by atoms with Gasteiger partial charge in [0.25, 0.3) is 0 Å². The van der Waals surface area contributed by atoms with E-state index in [2.05, 4.69) is 0 Å². The van der Waals surface area contributed by atoms with Gasteiger partial charge < -0.3 is 20.0 Å². The van der Waals surface area contributed by atoms with E-state index in [1.54, 1.807) is 14.0 Å². The highest BCUT2D eigenvalue weighted by Gasteiger charge is 2.35. The van der Waals surface area contributed by atoms with Gasteiger partial charge in [-0.25, -0.2) is 9.59 Å². The summed E-state index contributed by atoms with van der Waals surface area (Å²) in [7, 11) is 1.56. The van der Waals surface area contributed by atoms with Crippen molar-refractivity contribution in [2.75, 3.05) is 13.6 Å². The molecule has 0 fully saturated rings. The summed E-state index contributed by atoms with van der Waals surface area (Å²) in [6.07, 6.45) is -0.348. The Morgan fingerprint density at radius 1 is 1.38 bits per heavy atom. The van der Waals surface area contributed by atoms with Crippen molar-refractivity contribution in [3.63, 3.8) is 0 Å². The summed E-state index contributed by atoms with van der Waals surface area (Å²) in [5, 5.41) is 18.8. The summed E-state index contributed by atoms with van der Waals surface area (Å²) in [5.41, 5.74) is 1.93. The van der Waals surface area contributed by atoms with Crippen LogP contribution in [0.15, 0.2) is 24.3 Å². The predicted octanol–water partition coefficient (Wildman–Crippen LogP) is 0.931. The van der Waals surface area contributed by atoms with Crippen molar-refractivity contribution in [3.05, 3.63) is 35.4 Å². The van der Waals surface area contributed by atoms with Crippen molar-refractivity contribution in [2.24, 2.45) is 0 Å². The van der Waals surface area contributed by atoms with E-state index in [4.69, 9.17) is 0 Å². The van der Waals surface area contributed by atoms with Crippen LogP contribution in [0.25, 0.3) is 0 Å². The molecule has 1 unspecified atom stereocenters. The molecule has 6 heteroatoms. The zero-order valence-electron chi connectivity index (χ0n) is 12.2. The van der Waals surface area contributed by atoms with Crippen molar-refractivity contribution < 1.29 is 19.8 Å². The van der Waals surface area contributed by atoms with Crippen molar-refractivity contribution in [3.8, 4) is 0 Å². The van der Waals surface area contributed by atoms with Crippen LogP contribution < -0.4 is 0 Å². The number of aliphatic hydroxyl groups is 1. The van der Waals surface area contributed by atoms with Gasteiger partial charge in [0.2, 0.25) is 0 Å². The third kappa shape index (κ3) is 3.33. The van der Waals surface area contributed by atoms with Crippen LogP contribution >= 0.6 is 0 Å². The fourth-order valence-corrected chi connectivity index (χ4v) is 2.64. The number of aliphatic hydroxyl groups excluding tert-OH is 1. The van der Waals surface area contributed by atoms with Gasteiger partial charge in [-0.3, -0.25) is 0 Å². The minimum atomic E-state index is -1.01. The lowest BCUT2D eigenvalue weighted by molar-refractivity contribution is -0.142. The number of benzene rings is 1. The van der Waals surface area contributed by atoms with Crippen LogP contribution in [-0.4, -0.2) is 57.8 Å². The molecule has 1 aromatic carbocycles. The molecule has 0 saturated heterocycles. The van der Waals surface area contributed by atoms with E-state index in [0.29, 0.717) is 6.42 Å². The predicted molar refractivity (Wildman–Crippen MR) is 76.8 cm³/mol. The van der Waals surface area contributed by atoms with Gasteiger partial charge in [0, 0.05) is 26.6 Å². The molecule has 0 saturated carbocycles. The highest BCUT2D eigenvalue weighted by atomic mass is 16.4. The number of aliphatic carboxylic acids is 1. The largest absolute Gasteiger partial charge is 0.480 e. The first-order chi connectivity index (χ1) is 9.90. The lowest BCUT2D eigenvalue weighted by atomic mass is 9.94. The van der Waals surface area contributed by atoms with E-state index in [9.17, 15) is 19.8 Å². The van der Waals surface area contributed by atoms with Crippen LogP contribution in [0, 0.1) is 0 Å². The van der Waals surface area contributed by atoms with E-state index >= 15 is 0 Å². The molecule has 6 nitrogen and oxygen atoms in total. The van der Waals surface area contributed by atoms with Crippen molar-refractivity contribution >= 4 is 12.0 Å². The van der Waals surface area contributed by atoms with E-state index in [1.165, 1.54) is 9.80 Å². The van der Waals surface area contributed by atoms with Gasteiger partial charge in [0.05, 0.1) is 6.10 Å². The second-order valence-electron chi connectivity index (χ2n) is 5.47. The molecule has 0 aliphatic carbocycles. The van der Waals surface area contributed by atoms with Crippen LogP contribution in [-0.2, 0) is 17.8 Å². The molecule has 114 valence electrons. The number of hydrogen-bond donors (Lipinski definition) is 2. The molecule has 0 spiro atoms. The number of carbonyl (C=O) groups excluding carboxylic acids is 1. The van der Waals surface area contributed by atoms with Crippen LogP contribution in [0.5, 0.6) is 0 Å². The van der Waals surface area contributed by atoms with Gasteiger partial charge in [-0.1, -0.05) is 24.3 Å². The van der Waals surface area contributed by atoms with E-state index in [0.717, 1.165) is 11.1 Å². The number of rotatable bonds is 3. The number of carboxylic acid groups (broad SMARTS) is 1. The summed E-state index contributed by atoms with van der Waals surface area (Å²) in [6, 6.07) is 6.30. The third-order valence-electron chi connectivity index (χ3n) is 3.64. The van der Waals surface area contributed by atoms with Gasteiger partial charge in [0.1, 0.15) is 6.04 Å². The molecule has 0 aromatic heterocycles. The molecule has 0 bridgehead atoms. The van der Waals surface area contributed by atoms with Gasteiger partial charge >= 0.3 is 12.0 Å². The number of carboxylic acids is 1. The average Bonchev–Trinajstić information content (AvgIpc) is 2.44. The van der Waals surface area contributed by atoms with Crippen LogP contribution in [0.2, 0.25) is 0 Å². The summed E-state index contributed by atoms with van der Waals surface area (Å²) in [4.78, 5) is 26.6. The van der Waals surface area contributed by atoms with Crippen LogP contribution in [0.3, 0.4) is 0 Å². The first kappa shape index (κ1) is 15.3. The number of likely N-dealkylation sites (N-methyl/N-ethyl adjacent to an activating group) is 1. The number of hydrogen-bond acceptors (Lipinski definition) is 3. The molecule has 1 aliphatic heterocycles. The summed E-state index contributed by atoms with van der Waals surface area (Å²) in [5.74, 6) is -1.01. The van der Waals surface area contributed by atoms with Crippen molar-refractivity contribution in [1.82, 2.24) is 9.80 Å². The van der Waals surface area contributed by atoms with Crippen LogP contribution in [0.1, 0.15) is 18.1 Å². The molecular weight excluding hydrogens is 272 g/mol. The highest BCUT2D eigenvalue weighted by molar-refractivity contribution is 5.83. The Morgan fingerprint density at radius 2 is 2.00 bits per heavy atom. The minimum Gasteiger partial charge on any atom is -0.480 e. The normalized spacial score (nSPS) is 18.8. The maximum Gasteiger partial charge on any atom is 0.326 e. The molecule has 21 heavy (non-hydrogen) atoms. The second kappa shape index (κ2) is 6.13. The summed E-state index contributed by atoms with van der Waals surface area (Å²) in [6.45, 7) is 2.03. The maximum atomic E-state index is 12.4. The maximum absolute atomic E-state index is 12.4. The molecule has 1 aromatic rings.